The van der Waals surface area contributed by atoms with Crippen molar-refractivity contribution in [3.05, 3.63) is 35.4 Å². The van der Waals surface area contributed by atoms with E-state index in [4.69, 9.17) is 5.26 Å². The summed E-state index contributed by atoms with van der Waals surface area (Å²) in [4.78, 5) is 11.6. The minimum Gasteiger partial charge on any atom is -0.267 e. The first-order valence-corrected chi connectivity index (χ1v) is 5.01. The largest absolute Gasteiger partial charge is 0.271 e. The van der Waals surface area contributed by atoms with Crippen molar-refractivity contribution in [2.24, 2.45) is 5.10 Å². The van der Waals surface area contributed by atoms with Crippen molar-refractivity contribution in [3.63, 3.8) is 0 Å². The first-order chi connectivity index (χ1) is 7.67. The van der Waals surface area contributed by atoms with Crippen LogP contribution in [0.25, 0.3) is 0 Å². The number of benzene rings is 1. The molecule has 1 aromatic rings. The zero-order chi connectivity index (χ0) is 12.0. The Kier molecular flexibility index (Phi) is 4.22. The second-order valence-corrected chi connectivity index (χ2v) is 3.33. The van der Waals surface area contributed by atoms with Crippen LogP contribution in [0.15, 0.2) is 29.4 Å². The molecule has 0 saturated heterocycles. The minimum atomic E-state index is -0.266. The lowest BCUT2D eigenvalue weighted by molar-refractivity contribution is 0.0954. The predicted molar refractivity (Wildman–Crippen MR) is 62.0 cm³/mol. The molecule has 0 aliphatic heterocycles. The van der Waals surface area contributed by atoms with Crippen molar-refractivity contribution >= 4 is 11.6 Å². The number of hydrogen-bond donors (Lipinski definition) is 1. The van der Waals surface area contributed by atoms with Crippen LogP contribution in [-0.2, 0) is 0 Å². The van der Waals surface area contributed by atoms with Gasteiger partial charge in [0, 0.05) is 11.3 Å². The van der Waals surface area contributed by atoms with E-state index in [9.17, 15) is 4.79 Å². The van der Waals surface area contributed by atoms with Crippen LogP contribution in [-0.4, -0.2) is 11.6 Å². The molecule has 0 saturated carbocycles. The van der Waals surface area contributed by atoms with Crippen molar-refractivity contribution in [1.82, 2.24) is 5.43 Å². The van der Waals surface area contributed by atoms with Gasteiger partial charge in [-0.2, -0.15) is 10.4 Å². The summed E-state index contributed by atoms with van der Waals surface area (Å²) in [6, 6.07) is 8.40. The summed E-state index contributed by atoms with van der Waals surface area (Å²) < 4.78 is 0. The number of hydrazone groups is 1. The summed E-state index contributed by atoms with van der Waals surface area (Å²) in [5.41, 5.74) is 4.34. The third kappa shape index (κ3) is 3.21. The van der Waals surface area contributed by atoms with Crippen molar-refractivity contribution in [2.75, 3.05) is 0 Å². The molecular weight excluding hydrogens is 202 g/mol. The minimum absolute atomic E-state index is 0.266. The maximum absolute atomic E-state index is 11.6. The molecule has 4 nitrogen and oxygen atoms in total. The Balaban J connectivity index is 2.71. The maximum Gasteiger partial charge on any atom is 0.271 e. The monoisotopic (exact) mass is 215 g/mol. The van der Waals surface area contributed by atoms with E-state index in [0.717, 1.165) is 12.1 Å². The molecule has 0 aliphatic carbocycles. The molecule has 0 bridgehead atoms. The lowest BCUT2D eigenvalue weighted by Gasteiger charge is -2.00. The quantitative estimate of drug-likeness (QED) is 0.619. The number of amides is 1. The highest BCUT2D eigenvalue weighted by atomic mass is 16.2. The zero-order valence-corrected chi connectivity index (χ0v) is 9.32. The fourth-order valence-electron chi connectivity index (χ4n) is 0.986. The lowest BCUT2D eigenvalue weighted by atomic mass is 10.1. The van der Waals surface area contributed by atoms with Crippen molar-refractivity contribution < 1.29 is 4.79 Å². The Hall–Kier alpha value is -2.15. The summed E-state index contributed by atoms with van der Waals surface area (Å²) in [6.45, 7) is 3.81. The molecule has 1 aromatic carbocycles. The SMILES string of the molecule is CC/C(C)=N/NC(=O)c1ccc(C#N)cc1. The molecule has 0 aromatic heterocycles. The second kappa shape index (κ2) is 5.66. The zero-order valence-electron chi connectivity index (χ0n) is 9.32. The highest BCUT2D eigenvalue weighted by molar-refractivity contribution is 5.95. The van der Waals surface area contributed by atoms with Gasteiger partial charge in [-0.05, 0) is 37.6 Å². The number of nitrogens with zero attached hydrogens (tertiary/aromatic N) is 2. The van der Waals surface area contributed by atoms with Gasteiger partial charge in [-0.15, -0.1) is 0 Å². The normalized spacial score (nSPS) is 10.7. The summed E-state index contributed by atoms with van der Waals surface area (Å²) >= 11 is 0. The third-order valence-electron chi connectivity index (χ3n) is 2.14. The molecular formula is C12H13N3O. The Labute approximate surface area is 94.6 Å². The van der Waals surface area contributed by atoms with E-state index in [-0.39, 0.29) is 5.91 Å². The first-order valence-electron chi connectivity index (χ1n) is 5.01. The molecule has 0 heterocycles. The van der Waals surface area contributed by atoms with Gasteiger partial charge in [-0.1, -0.05) is 6.92 Å². The van der Waals surface area contributed by atoms with Gasteiger partial charge in [-0.3, -0.25) is 4.79 Å². The summed E-state index contributed by atoms with van der Waals surface area (Å²) in [5, 5.41) is 12.5. The predicted octanol–water partition coefficient (Wildman–Crippen LogP) is 2.07. The van der Waals surface area contributed by atoms with Crippen LogP contribution in [0.5, 0.6) is 0 Å². The molecule has 0 fully saturated rings. The molecule has 0 spiro atoms. The number of hydrogen-bond acceptors (Lipinski definition) is 3. The number of nitriles is 1. The smallest absolute Gasteiger partial charge is 0.267 e. The molecule has 1 rings (SSSR count). The molecule has 0 aliphatic rings. The van der Waals surface area contributed by atoms with Crippen LogP contribution < -0.4 is 5.43 Å². The van der Waals surface area contributed by atoms with E-state index in [1.54, 1.807) is 24.3 Å². The summed E-state index contributed by atoms with van der Waals surface area (Å²) in [6.07, 6.45) is 0.799. The Morgan fingerprint density at radius 2 is 2.06 bits per heavy atom. The fraction of sp³-hybridized carbons (Fsp3) is 0.250. The molecule has 16 heavy (non-hydrogen) atoms. The van der Waals surface area contributed by atoms with Gasteiger partial charge < -0.3 is 0 Å². The van der Waals surface area contributed by atoms with Crippen LogP contribution in [0.1, 0.15) is 36.2 Å². The Morgan fingerprint density at radius 1 is 1.44 bits per heavy atom. The molecule has 0 atom stereocenters. The van der Waals surface area contributed by atoms with Gasteiger partial charge in [-0.25, -0.2) is 5.43 Å². The molecule has 0 radical (unpaired) electrons. The van der Waals surface area contributed by atoms with Gasteiger partial charge >= 0.3 is 0 Å². The van der Waals surface area contributed by atoms with Gasteiger partial charge in [0.1, 0.15) is 0 Å². The average Bonchev–Trinajstić information content (AvgIpc) is 2.35. The van der Waals surface area contributed by atoms with E-state index >= 15 is 0 Å². The van der Waals surface area contributed by atoms with Crippen LogP contribution in [0.2, 0.25) is 0 Å². The van der Waals surface area contributed by atoms with Crippen molar-refractivity contribution in [3.8, 4) is 6.07 Å². The lowest BCUT2D eigenvalue weighted by Crippen LogP contribution is -2.18. The van der Waals surface area contributed by atoms with Gasteiger partial charge in [0.15, 0.2) is 0 Å². The van der Waals surface area contributed by atoms with Crippen LogP contribution in [0, 0.1) is 11.3 Å². The highest BCUT2D eigenvalue weighted by Crippen LogP contribution is 2.02. The van der Waals surface area contributed by atoms with E-state index in [2.05, 4.69) is 10.5 Å². The molecule has 4 heteroatoms. The number of rotatable bonds is 3. The number of carbonyl (C=O) groups excluding carboxylic acids is 1. The standard InChI is InChI=1S/C12H13N3O/c1-3-9(2)14-15-12(16)11-6-4-10(8-13)5-7-11/h4-7H,3H2,1-2H3,(H,15,16)/b14-9+. The Morgan fingerprint density at radius 3 is 2.56 bits per heavy atom. The Bertz CT molecular complexity index is 440. The van der Waals surface area contributed by atoms with Gasteiger partial charge in [0.2, 0.25) is 0 Å². The average molecular weight is 215 g/mol. The van der Waals surface area contributed by atoms with Gasteiger partial charge in [0.25, 0.3) is 5.91 Å². The maximum atomic E-state index is 11.6. The first kappa shape index (κ1) is 11.9. The highest BCUT2D eigenvalue weighted by Gasteiger charge is 2.03. The van der Waals surface area contributed by atoms with Crippen LogP contribution in [0.4, 0.5) is 0 Å². The summed E-state index contributed by atoms with van der Waals surface area (Å²) in [7, 11) is 0. The molecule has 1 amide bonds. The molecule has 82 valence electrons. The van der Waals surface area contributed by atoms with E-state index in [1.807, 2.05) is 19.9 Å². The van der Waals surface area contributed by atoms with E-state index in [0.29, 0.717) is 11.1 Å². The molecule has 1 N–H and O–H groups in total. The fourth-order valence-corrected chi connectivity index (χ4v) is 0.986. The van der Waals surface area contributed by atoms with Gasteiger partial charge in [0.05, 0.1) is 11.6 Å². The van der Waals surface area contributed by atoms with Crippen molar-refractivity contribution in [1.29, 1.82) is 5.26 Å². The molecule has 0 unspecified atom stereocenters. The van der Waals surface area contributed by atoms with Crippen molar-refractivity contribution in [2.45, 2.75) is 20.3 Å². The number of nitrogens with one attached hydrogen (secondary N) is 1. The summed E-state index contributed by atoms with van der Waals surface area (Å²) in [5.74, 6) is -0.266. The third-order valence-corrected chi connectivity index (χ3v) is 2.14. The van der Waals surface area contributed by atoms with Crippen LogP contribution >= 0.6 is 0 Å². The van der Waals surface area contributed by atoms with E-state index in [1.165, 1.54) is 0 Å². The second-order valence-electron chi connectivity index (χ2n) is 3.33. The number of carbonyl (C=O) groups is 1. The van der Waals surface area contributed by atoms with Crippen LogP contribution in [0.3, 0.4) is 0 Å². The topological polar surface area (TPSA) is 65.2 Å². The van der Waals surface area contributed by atoms with E-state index < -0.39 is 0 Å².